The number of carbonyl (C=O) groups excluding carboxylic acids is 2. The first-order valence-electron chi connectivity index (χ1n) is 7.17. The highest BCUT2D eigenvalue weighted by atomic mass is 19.1. The molecule has 2 N–H and O–H groups in total. The number of aryl methyl sites for hydroxylation is 1. The Labute approximate surface area is 132 Å². The number of hydrogen-bond donors (Lipinski definition) is 2. The summed E-state index contributed by atoms with van der Waals surface area (Å²) in [6.07, 6.45) is 3.91. The fourth-order valence-corrected chi connectivity index (χ4v) is 2.16. The highest BCUT2D eigenvalue weighted by Gasteiger charge is 2.56. The van der Waals surface area contributed by atoms with Gasteiger partial charge in [-0.25, -0.2) is 9.37 Å². The third-order valence-electron chi connectivity index (χ3n) is 3.74. The lowest BCUT2D eigenvalue weighted by Gasteiger charge is -2.15. The predicted molar refractivity (Wildman–Crippen MR) is 82.1 cm³/mol. The van der Waals surface area contributed by atoms with Crippen LogP contribution in [0.4, 0.5) is 15.9 Å². The fourth-order valence-electron chi connectivity index (χ4n) is 2.16. The Balaban J connectivity index is 1.68. The molecule has 1 aromatic carbocycles. The zero-order chi connectivity index (χ0) is 16.4. The molecule has 1 fully saturated rings. The van der Waals surface area contributed by atoms with E-state index in [0.29, 0.717) is 24.3 Å². The fraction of sp³-hybridized carbons (Fsp3) is 0.250. The van der Waals surface area contributed by atoms with Crippen molar-refractivity contribution < 1.29 is 14.0 Å². The standard InChI is InChI=1S/C16H15FN4O2/c1-10-8-19-13(9-18-10)21-15(23)16(6-7-16)14(22)20-12-4-2-11(17)3-5-12/h2-5,8-9H,6-7H2,1H3,(H,20,22)(H,19,21,23). The summed E-state index contributed by atoms with van der Waals surface area (Å²) >= 11 is 0. The minimum Gasteiger partial charge on any atom is -0.325 e. The monoisotopic (exact) mass is 314 g/mol. The van der Waals surface area contributed by atoms with Crippen LogP contribution < -0.4 is 10.6 Å². The van der Waals surface area contributed by atoms with Crippen LogP contribution in [0.15, 0.2) is 36.7 Å². The molecule has 0 bridgehead atoms. The zero-order valence-electron chi connectivity index (χ0n) is 12.5. The van der Waals surface area contributed by atoms with Gasteiger partial charge in [0.15, 0.2) is 5.82 Å². The van der Waals surface area contributed by atoms with E-state index in [1.54, 1.807) is 6.92 Å². The third-order valence-corrected chi connectivity index (χ3v) is 3.74. The van der Waals surface area contributed by atoms with E-state index in [9.17, 15) is 14.0 Å². The van der Waals surface area contributed by atoms with Crippen LogP contribution >= 0.6 is 0 Å². The van der Waals surface area contributed by atoms with Crippen LogP contribution in [0.5, 0.6) is 0 Å². The van der Waals surface area contributed by atoms with E-state index in [-0.39, 0.29) is 5.82 Å². The van der Waals surface area contributed by atoms with E-state index in [2.05, 4.69) is 20.6 Å². The van der Waals surface area contributed by atoms with E-state index in [1.807, 2.05) is 0 Å². The average molecular weight is 314 g/mol. The normalized spacial score (nSPS) is 14.9. The minimum atomic E-state index is -1.10. The van der Waals surface area contributed by atoms with Gasteiger partial charge in [-0.2, -0.15) is 0 Å². The summed E-state index contributed by atoms with van der Waals surface area (Å²) in [5.41, 5.74) is 0.0878. The first-order chi connectivity index (χ1) is 11.0. The van der Waals surface area contributed by atoms with E-state index < -0.39 is 17.2 Å². The van der Waals surface area contributed by atoms with Crippen LogP contribution in [0, 0.1) is 18.2 Å². The molecule has 118 valence electrons. The summed E-state index contributed by atoms with van der Waals surface area (Å²) in [7, 11) is 0. The minimum absolute atomic E-state index is 0.307. The highest BCUT2D eigenvalue weighted by Crippen LogP contribution is 2.47. The number of hydrogen-bond acceptors (Lipinski definition) is 4. The van der Waals surface area contributed by atoms with Gasteiger partial charge in [0.25, 0.3) is 0 Å². The predicted octanol–water partition coefficient (Wildman–Crippen LogP) is 2.28. The third kappa shape index (κ3) is 3.18. The van der Waals surface area contributed by atoms with Crippen molar-refractivity contribution >= 4 is 23.3 Å². The van der Waals surface area contributed by atoms with E-state index in [0.717, 1.165) is 5.69 Å². The molecule has 2 amide bonds. The van der Waals surface area contributed by atoms with Crippen molar-refractivity contribution in [2.75, 3.05) is 10.6 Å². The number of amides is 2. The molecule has 2 aromatic rings. The molecule has 1 heterocycles. The highest BCUT2D eigenvalue weighted by molar-refractivity contribution is 6.16. The number of halogens is 1. The molecule has 1 aliphatic rings. The van der Waals surface area contributed by atoms with Gasteiger partial charge in [-0.05, 0) is 44.0 Å². The molecule has 23 heavy (non-hydrogen) atoms. The molecule has 3 rings (SSSR count). The van der Waals surface area contributed by atoms with Gasteiger partial charge in [0, 0.05) is 5.69 Å². The number of nitrogens with one attached hydrogen (secondary N) is 2. The van der Waals surface area contributed by atoms with Crippen LogP contribution in [-0.4, -0.2) is 21.8 Å². The molecule has 1 saturated carbocycles. The number of rotatable bonds is 4. The van der Waals surface area contributed by atoms with Crippen molar-refractivity contribution in [1.29, 1.82) is 0 Å². The molecule has 0 radical (unpaired) electrons. The summed E-state index contributed by atoms with van der Waals surface area (Å²) in [5, 5.41) is 5.26. The zero-order valence-corrected chi connectivity index (χ0v) is 12.5. The number of anilines is 2. The van der Waals surface area contributed by atoms with Crippen molar-refractivity contribution in [2.45, 2.75) is 19.8 Å². The molecule has 7 heteroatoms. The Bertz CT molecular complexity index is 678. The van der Waals surface area contributed by atoms with Crippen molar-refractivity contribution in [2.24, 2.45) is 5.41 Å². The summed E-state index contributed by atoms with van der Waals surface area (Å²) in [5.74, 6) is -0.891. The van der Waals surface area contributed by atoms with Crippen molar-refractivity contribution in [3.63, 3.8) is 0 Å². The molecule has 0 unspecified atom stereocenters. The summed E-state index contributed by atoms with van der Waals surface area (Å²) in [6, 6.07) is 5.40. The first-order valence-corrected chi connectivity index (χ1v) is 7.17. The van der Waals surface area contributed by atoms with Crippen LogP contribution in [0.1, 0.15) is 18.5 Å². The van der Waals surface area contributed by atoms with Gasteiger partial charge >= 0.3 is 0 Å². The lowest BCUT2D eigenvalue weighted by atomic mass is 10.1. The number of carbonyl (C=O) groups is 2. The van der Waals surface area contributed by atoms with Crippen molar-refractivity contribution in [3.8, 4) is 0 Å². The van der Waals surface area contributed by atoms with Crippen LogP contribution in [-0.2, 0) is 9.59 Å². The van der Waals surface area contributed by atoms with Crippen LogP contribution in [0.3, 0.4) is 0 Å². The van der Waals surface area contributed by atoms with Gasteiger partial charge in [-0.3, -0.25) is 14.6 Å². The lowest BCUT2D eigenvalue weighted by molar-refractivity contribution is -0.131. The largest absolute Gasteiger partial charge is 0.325 e. The molecule has 0 saturated heterocycles. The SMILES string of the molecule is Cc1cnc(NC(=O)C2(C(=O)Nc3ccc(F)cc3)CC2)cn1. The van der Waals surface area contributed by atoms with Crippen molar-refractivity contribution in [1.82, 2.24) is 9.97 Å². The number of nitrogens with zero attached hydrogens (tertiary/aromatic N) is 2. The van der Waals surface area contributed by atoms with E-state index in [1.165, 1.54) is 36.7 Å². The molecule has 0 atom stereocenters. The maximum atomic E-state index is 12.9. The first kappa shape index (κ1) is 15.1. The Morgan fingerprint density at radius 1 is 1.04 bits per heavy atom. The van der Waals surface area contributed by atoms with Crippen LogP contribution in [0.25, 0.3) is 0 Å². The Hall–Kier alpha value is -2.83. The second kappa shape index (κ2) is 5.75. The average Bonchev–Trinajstić information content (AvgIpc) is 3.34. The Kier molecular flexibility index (Phi) is 3.77. The maximum Gasteiger partial charge on any atom is 0.241 e. The molecule has 0 spiro atoms. The molecule has 0 aliphatic heterocycles. The number of benzene rings is 1. The molecule has 1 aliphatic carbocycles. The van der Waals surface area contributed by atoms with E-state index in [4.69, 9.17) is 0 Å². The molecule has 1 aromatic heterocycles. The van der Waals surface area contributed by atoms with E-state index >= 15 is 0 Å². The Morgan fingerprint density at radius 2 is 1.70 bits per heavy atom. The van der Waals surface area contributed by atoms with Gasteiger partial charge in [0.05, 0.1) is 18.1 Å². The second-order valence-corrected chi connectivity index (χ2v) is 5.54. The second-order valence-electron chi connectivity index (χ2n) is 5.54. The number of aromatic nitrogens is 2. The Morgan fingerprint density at radius 3 is 2.26 bits per heavy atom. The van der Waals surface area contributed by atoms with Gasteiger partial charge in [-0.15, -0.1) is 0 Å². The molecular weight excluding hydrogens is 299 g/mol. The van der Waals surface area contributed by atoms with Gasteiger partial charge in [0.2, 0.25) is 11.8 Å². The van der Waals surface area contributed by atoms with Gasteiger partial charge < -0.3 is 10.6 Å². The topological polar surface area (TPSA) is 84.0 Å². The summed E-state index contributed by atoms with van der Waals surface area (Å²) in [6.45, 7) is 1.79. The van der Waals surface area contributed by atoms with Gasteiger partial charge in [0.1, 0.15) is 11.2 Å². The molecular formula is C16H15FN4O2. The molecule has 6 nitrogen and oxygen atoms in total. The lowest BCUT2D eigenvalue weighted by Crippen LogP contribution is -2.35. The quantitative estimate of drug-likeness (QED) is 0.848. The summed E-state index contributed by atoms with van der Waals surface area (Å²) < 4.78 is 12.9. The summed E-state index contributed by atoms with van der Waals surface area (Å²) in [4.78, 5) is 32.8. The smallest absolute Gasteiger partial charge is 0.241 e. The van der Waals surface area contributed by atoms with Gasteiger partial charge in [-0.1, -0.05) is 0 Å². The van der Waals surface area contributed by atoms with Crippen molar-refractivity contribution in [3.05, 3.63) is 48.2 Å². The van der Waals surface area contributed by atoms with Crippen LogP contribution in [0.2, 0.25) is 0 Å². The maximum absolute atomic E-state index is 12.9.